The van der Waals surface area contributed by atoms with E-state index < -0.39 is 0 Å². The van der Waals surface area contributed by atoms with Crippen molar-refractivity contribution in [3.8, 4) is 35.4 Å². The van der Waals surface area contributed by atoms with Gasteiger partial charge in [0.15, 0.2) is 5.57 Å². The van der Waals surface area contributed by atoms with Gasteiger partial charge in [-0.2, -0.15) is 15.8 Å². The van der Waals surface area contributed by atoms with Crippen LogP contribution in [0.3, 0.4) is 0 Å². The van der Waals surface area contributed by atoms with Crippen molar-refractivity contribution in [3.05, 3.63) is 35.4 Å². The number of aromatic hydroxyl groups is 1. The smallest absolute Gasteiger partial charge is 0.251 e. The maximum absolute atomic E-state index is 9.85. The highest BCUT2D eigenvalue weighted by molar-refractivity contribution is 5.70. The maximum atomic E-state index is 9.85. The van der Waals surface area contributed by atoms with Crippen molar-refractivity contribution >= 4 is 5.69 Å². The van der Waals surface area contributed by atoms with Crippen molar-refractivity contribution in [2.75, 3.05) is 5.32 Å². The van der Waals surface area contributed by atoms with E-state index in [0.29, 0.717) is 11.6 Å². The summed E-state index contributed by atoms with van der Waals surface area (Å²) in [5.41, 5.74) is 0.107. The third-order valence-electron chi connectivity index (χ3n) is 2.61. The first-order valence-electron chi connectivity index (χ1n) is 5.94. The van der Waals surface area contributed by atoms with Gasteiger partial charge >= 0.3 is 0 Å². The molecular weight excluding hydrogens is 284 g/mol. The van der Waals surface area contributed by atoms with Gasteiger partial charge in [-0.25, -0.2) is 0 Å². The van der Waals surface area contributed by atoms with Gasteiger partial charge in [0.1, 0.15) is 29.7 Å². The molecule has 8 heteroatoms. The van der Waals surface area contributed by atoms with Gasteiger partial charge in [0.25, 0.3) is 5.89 Å². The third-order valence-corrected chi connectivity index (χ3v) is 2.61. The van der Waals surface area contributed by atoms with E-state index in [1.54, 1.807) is 25.1 Å². The Morgan fingerprint density at radius 1 is 1.18 bits per heavy atom. The number of aromatic nitrogens is 2. The van der Waals surface area contributed by atoms with Gasteiger partial charge in [0.05, 0.1) is 5.56 Å². The van der Waals surface area contributed by atoms with E-state index >= 15 is 0 Å². The molecule has 1 aromatic carbocycles. The van der Waals surface area contributed by atoms with Crippen LogP contribution in [-0.2, 0) is 0 Å². The Balaban J connectivity index is 2.44. The fourth-order valence-corrected chi connectivity index (χ4v) is 1.62. The van der Waals surface area contributed by atoms with Crippen molar-refractivity contribution < 1.29 is 9.52 Å². The lowest BCUT2D eigenvalue weighted by Crippen LogP contribution is -2.00. The van der Waals surface area contributed by atoms with Crippen molar-refractivity contribution in [2.45, 2.75) is 6.92 Å². The Kier molecular flexibility index (Phi) is 4.03. The molecule has 0 aliphatic rings. The molecule has 1 aromatic heterocycles. The largest absolute Gasteiger partial charge is 0.507 e. The summed E-state index contributed by atoms with van der Waals surface area (Å²) in [6, 6.07) is 9.30. The molecule has 0 fully saturated rings. The molecule has 0 spiro atoms. The number of hydrogen-bond donors (Lipinski definition) is 2. The molecule has 0 aliphatic carbocycles. The summed E-state index contributed by atoms with van der Waals surface area (Å²) in [5, 5.41) is 46.6. The lowest BCUT2D eigenvalue weighted by Gasteiger charge is -2.07. The first kappa shape index (κ1) is 14.6. The molecule has 106 valence electrons. The Morgan fingerprint density at radius 2 is 1.91 bits per heavy atom. The lowest BCUT2D eigenvalue weighted by atomic mass is 10.1. The summed E-state index contributed by atoms with van der Waals surface area (Å²) >= 11 is 0. The topological polar surface area (TPSA) is 143 Å². The van der Waals surface area contributed by atoms with Crippen LogP contribution in [-0.4, -0.2) is 15.3 Å². The summed E-state index contributed by atoms with van der Waals surface area (Å²) < 4.78 is 5.23. The number of nitrogens with zero attached hydrogens (tertiary/aromatic N) is 5. The quantitative estimate of drug-likeness (QED) is 0.645. The Hall–Kier alpha value is -3.83. The van der Waals surface area contributed by atoms with Crippen LogP contribution in [0.25, 0.3) is 11.5 Å². The number of nitriles is 3. The number of benzene rings is 1. The van der Waals surface area contributed by atoms with E-state index in [2.05, 4.69) is 15.5 Å². The van der Waals surface area contributed by atoms with Gasteiger partial charge in [0.2, 0.25) is 5.89 Å². The molecule has 0 atom stereocenters. The minimum Gasteiger partial charge on any atom is -0.507 e. The molecule has 0 radical (unpaired) electrons. The molecule has 2 rings (SSSR count). The maximum Gasteiger partial charge on any atom is 0.251 e. The Morgan fingerprint density at radius 3 is 2.45 bits per heavy atom. The Bertz CT molecular complexity index is 860. The highest BCUT2D eigenvalue weighted by Gasteiger charge is 2.13. The first-order valence-corrected chi connectivity index (χ1v) is 5.94. The Labute approximate surface area is 125 Å². The number of rotatable bonds is 3. The van der Waals surface area contributed by atoms with Crippen molar-refractivity contribution in [3.63, 3.8) is 0 Å². The fourth-order valence-electron chi connectivity index (χ4n) is 1.62. The number of phenols is 1. The summed E-state index contributed by atoms with van der Waals surface area (Å²) in [6.07, 6.45) is 0. The van der Waals surface area contributed by atoms with Crippen LogP contribution in [0.2, 0.25) is 0 Å². The minimum atomic E-state index is -0.342. The van der Waals surface area contributed by atoms with Gasteiger partial charge < -0.3 is 14.8 Å². The lowest BCUT2D eigenvalue weighted by molar-refractivity contribution is 0.471. The molecule has 2 N–H and O–H groups in total. The molecule has 1 heterocycles. The number of aryl methyl sites for hydroxylation is 1. The second-order valence-corrected chi connectivity index (χ2v) is 4.07. The summed E-state index contributed by atoms with van der Waals surface area (Å²) in [4.78, 5) is 0. The number of phenolic OH excluding ortho intramolecular Hbond substituents is 1. The molecule has 0 unspecified atom stereocenters. The zero-order valence-electron chi connectivity index (χ0n) is 11.3. The number of anilines is 1. The molecule has 0 aliphatic heterocycles. The number of nitrogens with one attached hydrogen (secondary N) is 1. The minimum absolute atomic E-state index is 0.0857. The van der Waals surface area contributed by atoms with E-state index in [0.717, 1.165) is 0 Å². The molecule has 0 saturated heterocycles. The van der Waals surface area contributed by atoms with E-state index in [1.807, 2.05) is 0 Å². The van der Waals surface area contributed by atoms with Gasteiger partial charge in [0, 0.05) is 12.6 Å². The van der Waals surface area contributed by atoms with Crippen LogP contribution in [0.15, 0.2) is 33.9 Å². The second kappa shape index (κ2) is 6.08. The first-order chi connectivity index (χ1) is 10.6. The summed E-state index contributed by atoms with van der Waals surface area (Å²) in [5.74, 6) is 0.362. The molecule has 0 saturated carbocycles. The molecule has 8 nitrogen and oxygen atoms in total. The van der Waals surface area contributed by atoms with Gasteiger partial charge in [-0.15, -0.1) is 10.2 Å². The zero-order chi connectivity index (χ0) is 16.1. The predicted molar refractivity (Wildman–Crippen MR) is 73.6 cm³/mol. The molecule has 22 heavy (non-hydrogen) atoms. The van der Waals surface area contributed by atoms with Crippen LogP contribution >= 0.6 is 0 Å². The second-order valence-electron chi connectivity index (χ2n) is 4.07. The average Bonchev–Trinajstić information content (AvgIpc) is 2.95. The highest BCUT2D eigenvalue weighted by Crippen LogP contribution is 2.31. The monoisotopic (exact) mass is 292 g/mol. The molecule has 0 bridgehead atoms. The van der Waals surface area contributed by atoms with Crippen molar-refractivity contribution in [1.82, 2.24) is 10.2 Å². The highest BCUT2D eigenvalue weighted by atomic mass is 16.4. The average molecular weight is 292 g/mol. The van der Waals surface area contributed by atoms with Crippen LogP contribution in [0.1, 0.15) is 5.89 Å². The van der Waals surface area contributed by atoms with Crippen molar-refractivity contribution in [2.24, 2.45) is 0 Å². The zero-order valence-corrected chi connectivity index (χ0v) is 11.3. The predicted octanol–water partition coefficient (Wildman–Crippen LogP) is 1.99. The van der Waals surface area contributed by atoms with Crippen molar-refractivity contribution in [1.29, 1.82) is 15.8 Å². The SMILES string of the molecule is Cc1nnc(-c2cc(NC(C#N)=C(C#N)C#N)ccc2O)o1. The van der Waals surface area contributed by atoms with Crippen LogP contribution < -0.4 is 5.32 Å². The number of allylic oxidation sites excluding steroid dienone is 2. The van der Waals surface area contributed by atoms with E-state index in [4.69, 9.17) is 20.2 Å². The van der Waals surface area contributed by atoms with E-state index in [9.17, 15) is 5.11 Å². The fraction of sp³-hybridized carbons (Fsp3) is 0.0714. The van der Waals surface area contributed by atoms with E-state index in [-0.39, 0.29) is 28.5 Å². The summed E-state index contributed by atoms with van der Waals surface area (Å²) in [7, 11) is 0. The standard InChI is InChI=1S/C14H8N6O2/c1-8-19-20-14(22-8)11-4-10(2-3-13(11)21)18-12(7-17)9(5-15)6-16/h2-4,18,21H,1H3. The number of hydrogen-bond acceptors (Lipinski definition) is 8. The van der Waals surface area contributed by atoms with Gasteiger partial charge in [-0.05, 0) is 18.2 Å². The molecular formula is C14H8N6O2. The summed E-state index contributed by atoms with van der Waals surface area (Å²) in [6.45, 7) is 1.61. The van der Waals surface area contributed by atoms with Crippen LogP contribution in [0.5, 0.6) is 5.75 Å². The van der Waals surface area contributed by atoms with Crippen LogP contribution in [0.4, 0.5) is 5.69 Å². The van der Waals surface area contributed by atoms with E-state index in [1.165, 1.54) is 18.2 Å². The van der Waals surface area contributed by atoms with Gasteiger partial charge in [-0.3, -0.25) is 0 Å². The molecule has 0 amide bonds. The van der Waals surface area contributed by atoms with Crippen LogP contribution in [0, 0.1) is 40.9 Å². The normalized spacial score (nSPS) is 9.18. The third kappa shape index (κ3) is 2.84. The van der Waals surface area contributed by atoms with Gasteiger partial charge in [-0.1, -0.05) is 0 Å². The molecule has 2 aromatic rings.